The van der Waals surface area contributed by atoms with Gasteiger partial charge in [0.25, 0.3) is 0 Å². The highest BCUT2D eigenvalue weighted by Gasteiger charge is 2.15. The van der Waals surface area contributed by atoms with Gasteiger partial charge in [-0.25, -0.2) is 4.39 Å². The molecule has 0 amide bonds. The quantitative estimate of drug-likeness (QED) is 0.865. The average molecular weight is 233 g/mol. The number of aromatic nitrogens is 2. The summed E-state index contributed by atoms with van der Waals surface area (Å²) in [4.78, 5) is 0. The van der Waals surface area contributed by atoms with E-state index in [4.69, 9.17) is 5.73 Å². The highest BCUT2D eigenvalue weighted by Crippen LogP contribution is 2.29. The maximum Gasteiger partial charge on any atom is 0.131 e. The monoisotopic (exact) mass is 233 g/mol. The first-order chi connectivity index (χ1) is 8.04. The predicted molar refractivity (Wildman–Crippen MR) is 66.0 cm³/mol. The molecule has 0 aliphatic carbocycles. The molecule has 0 atom stereocenters. The Morgan fingerprint density at radius 3 is 2.53 bits per heavy atom. The molecule has 90 valence electrons. The third kappa shape index (κ3) is 1.96. The lowest BCUT2D eigenvalue weighted by molar-refractivity contribution is 0.628. The van der Waals surface area contributed by atoms with Gasteiger partial charge in [-0.1, -0.05) is 12.1 Å². The van der Waals surface area contributed by atoms with E-state index in [1.807, 2.05) is 27.0 Å². The van der Waals surface area contributed by atoms with Crippen molar-refractivity contribution in [1.29, 1.82) is 0 Å². The van der Waals surface area contributed by atoms with Crippen molar-refractivity contribution in [2.24, 2.45) is 12.8 Å². The van der Waals surface area contributed by atoms with Crippen LogP contribution in [0, 0.1) is 19.7 Å². The van der Waals surface area contributed by atoms with Gasteiger partial charge in [-0.15, -0.1) is 0 Å². The van der Waals surface area contributed by atoms with Crippen molar-refractivity contribution in [3.63, 3.8) is 0 Å². The van der Waals surface area contributed by atoms with Gasteiger partial charge >= 0.3 is 0 Å². The molecule has 4 heteroatoms. The molecule has 0 aliphatic rings. The Morgan fingerprint density at radius 2 is 2.06 bits per heavy atom. The summed E-state index contributed by atoms with van der Waals surface area (Å²) in [6.45, 7) is 4.17. The smallest absolute Gasteiger partial charge is 0.131 e. The lowest BCUT2D eigenvalue weighted by atomic mass is 10.0. The summed E-state index contributed by atoms with van der Waals surface area (Å²) in [6, 6.07) is 5.11. The van der Waals surface area contributed by atoms with Gasteiger partial charge in [-0.3, -0.25) is 4.68 Å². The Hall–Kier alpha value is -1.68. The van der Waals surface area contributed by atoms with Crippen LogP contribution >= 0.6 is 0 Å². The zero-order valence-electron chi connectivity index (χ0n) is 10.3. The van der Waals surface area contributed by atoms with Crippen LogP contribution < -0.4 is 5.73 Å². The van der Waals surface area contributed by atoms with Crippen molar-refractivity contribution >= 4 is 0 Å². The Morgan fingerprint density at radius 1 is 1.35 bits per heavy atom. The van der Waals surface area contributed by atoms with E-state index in [-0.39, 0.29) is 5.82 Å². The summed E-state index contributed by atoms with van der Waals surface area (Å²) in [5.41, 5.74) is 9.54. The lowest BCUT2D eigenvalue weighted by Crippen LogP contribution is -1.98. The molecule has 0 unspecified atom stereocenters. The van der Waals surface area contributed by atoms with Crippen LogP contribution in [0.2, 0.25) is 0 Å². The molecule has 0 saturated carbocycles. The largest absolute Gasteiger partial charge is 0.326 e. The summed E-state index contributed by atoms with van der Waals surface area (Å²) >= 11 is 0. The molecule has 0 saturated heterocycles. The van der Waals surface area contributed by atoms with Crippen molar-refractivity contribution in [1.82, 2.24) is 9.78 Å². The second-order valence-corrected chi connectivity index (χ2v) is 4.19. The lowest BCUT2D eigenvalue weighted by Gasteiger charge is -2.06. The maximum atomic E-state index is 14.0. The van der Waals surface area contributed by atoms with E-state index in [1.54, 1.807) is 10.7 Å². The molecular formula is C13H16FN3. The van der Waals surface area contributed by atoms with Crippen LogP contribution in [0.3, 0.4) is 0 Å². The highest BCUT2D eigenvalue weighted by molar-refractivity contribution is 5.69. The molecule has 2 aromatic rings. The van der Waals surface area contributed by atoms with Crippen LogP contribution in [0.5, 0.6) is 0 Å². The second kappa shape index (κ2) is 4.30. The van der Waals surface area contributed by atoms with E-state index >= 15 is 0 Å². The van der Waals surface area contributed by atoms with Gasteiger partial charge < -0.3 is 5.73 Å². The molecule has 2 rings (SSSR count). The zero-order chi connectivity index (χ0) is 12.6. The van der Waals surface area contributed by atoms with Crippen LogP contribution in [0.25, 0.3) is 11.1 Å². The standard InChI is InChI=1S/C13H16FN3/c1-8-13(9(2)17(3)16-8)11-5-4-10(7-15)6-12(11)14/h4-6H,7,15H2,1-3H3. The fourth-order valence-corrected chi connectivity index (χ4v) is 2.05. The van der Waals surface area contributed by atoms with Crippen LogP contribution in [0.1, 0.15) is 17.0 Å². The summed E-state index contributed by atoms with van der Waals surface area (Å²) in [6.07, 6.45) is 0. The number of aryl methyl sites for hydroxylation is 2. The molecule has 0 fully saturated rings. The molecule has 0 bridgehead atoms. The number of hydrogen-bond acceptors (Lipinski definition) is 2. The SMILES string of the molecule is Cc1nn(C)c(C)c1-c1ccc(CN)cc1F. The number of benzene rings is 1. The minimum absolute atomic E-state index is 0.243. The number of nitrogens with zero attached hydrogens (tertiary/aromatic N) is 2. The zero-order valence-corrected chi connectivity index (χ0v) is 10.3. The maximum absolute atomic E-state index is 14.0. The van der Waals surface area contributed by atoms with Crippen molar-refractivity contribution in [2.45, 2.75) is 20.4 Å². The van der Waals surface area contributed by atoms with Gasteiger partial charge in [0.2, 0.25) is 0 Å². The van der Waals surface area contributed by atoms with Gasteiger partial charge in [0.05, 0.1) is 5.69 Å². The first-order valence-corrected chi connectivity index (χ1v) is 5.53. The molecule has 2 N–H and O–H groups in total. The normalized spacial score (nSPS) is 10.9. The summed E-state index contributed by atoms with van der Waals surface area (Å²) in [7, 11) is 1.86. The fraction of sp³-hybridized carbons (Fsp3) is 0.308. The molecule has 17 heavy (non-hydrogen) atoms. The Balaban J connectivity index is 2.60. The third-order valence-corrected chi connectivity index (χ3v) is 3.05. The predicted octanol–water partition coefficient (Wildman–Crippen LogP) is 2.30. The number of rotatable bonds is 2. The van der Waals surface area contributed by atoms with E-state index in [0.717, 1.165) is 22.5 Å². The molecule has 0 spiro atoms. The average Bonchev–Trinajstić information content (AvgIpc) is 2.54. The first kappa shape index (κ1) is 11.8. The van der Waals surface area contributed by atoms with E-state index in [1.165, 1.54) is 6.07 Å². The Kier molecular flexibility index (Phi) is 2.98. The molecular weight excluding hydrogens is 217 g/mol. The Labute approximate surface area is 100 Å². The molecule has 3 nitrogen and oxygen atoms in total. The molecule has 1 aromatic heterocycles. The van der Waals surface area contributed by atoms with Gasteiger partial charge in [0, 0.05) is 30.4 Å². The third-order valence-electron chi connectivity index (χ3n) is 3.05. The van der Waals surface area contributed by atoms with E-state index in [0.29, 0.717) is 12.1 Å². The molecule has 1 aromatic carbocycles. The van der Waals surface area contributed by atoms with E-state index in [2.05, 4.69) is 5.10 Å². The first-order valence-electron chi connectivity index (χ1n) is 5.53. The Bertz CT molecular complexity index is 558. The van der Waals surface area contributed by atoms with E-state index < -0.39 is 0 Å². The molecule has 0 radical (unpaired) electrons. The van der Waals surface area contributed by atoms with Gasteiger partial charge in [0.1, 0.15) is 5.82 Å². The molecule has 1 heterocycles. The topological polar surface area (TPSA) is 43.8 Å². The van der Waals surface area contributed by atoms with Gasteiger partial charge in [0.15, 0.2) is 0 Å². The van der Waals surface area contributed by atoms with Gasteiger partial charge in [-0.05, 0) is 25.5 Å². The van der Waals surface area contributed by atoms with Gasteiger partial charge in [-0.2, -0.15) is 5.10 Å². The fourth-order valence-electron chi connectivity index (χ4n) is 2.05. The van der Waals surface area contributed by atoms with Crippen molar-refractivity contribution in [3.05, 3.63) is 41.0 Å². The number of nitrogens with two attached hydrogens (primary N) is 1. The highest BCUT2D eigenvalue weighted by atomic mass is 19.1. The van der Waals surface area contributed by atoms with Crippen LogP contribution in [0.4, 0.5) is 4.39 Å². The van der Waals surface area contributed by atoms with Crippen molar-refractivity contribution in [2.75, 3.05) is 0 Å². The number of hydrogen-bond donors (Lipinski definition) is 1. The minimum atomic E-state index is -0.243. The summed E-state index contributed by atoms with van der Waals surface area (Å²) < 4.78 is 15.8. The minimum Gasteiger partial charge on any atom is -0.326 e. The summed E-state index contributed by atoms with van der Waals surface area (Å²) in [5.74, 6) is -0.243. The number of halogens is 1. The van der Waals surface area contributed by atoms with Crippen molar-refractivity contribution < 1.29 is 4.39 Å². The van der Waals surface area contributed by atoms with Crippen molar-refractivity contribution in [3.8, 4) is 11.1 Å². The molecule has 0 aliphatic heterocycles. The summed E-state index contributed by atoms with van der Waals surface area (Å²) in [5, 5.41) is 4.30. The van der Waals surface area contributed by atoms with Crippen LogP contribution in [0.15, 0.2) is 18.2 Å². The van der Waals surface area contributed by atoms with Crippen LogP contribution in [-0.2, 0) is 13.6 Å². The van der Waals surface area contributed by atoms with Crippen LogP contribution in [-0.4, -0.2) is 9.78 Å². The van der Waals surface area contributed by atoms with E-state index in [9.17, 15) is 4.39 Å². The second-order valence-electron chi connectivity index (χ2n) is 4.19.